The Morgan fingerprint density at radius 1 is 1.05 bits per heavy atom. The van der Waals surface area contributed by atoms with Crippen LogP contribution in [0.5, 0.6) is 0 Å². The van der Waals surface area contributed by atoms with Crippen molar-refractivity contribution in [1.29, 1.82) is 0 Å². The van der Waals surface area contributed by atoms with E-state index in [-0.39, 0.29) is 0 Å². The van der Waals surface area contributed by atoms with Gasteiger partial charge in [-0.2, -0.15) is 0 Å². The van der Waals surface area contributed by atoms with Gasteiger partial charge in [0, 0.05) is 24.3 Å². The van der Waals surface area contributed by atoms with Gasteiger partial charge in [-0.15, -0.1) is 0 Å². The molecule has 2 aromatic rings. The van der Waals surface area contributed by atoms with Crippen LogP contribution in [0.3, 0.4) is 0 Å². The van der Waals surface area contributed by atoms with Crippen molar-refractivity contribution < 1.29 is 0 Å². The molecular formula is C20H26N2. The van der Waals surface area contributed by atoms with E-state index >= 15 is 0 Å². The van der Waals surface area contributed by atoms with E-state index in [1.807, 2.05) is 63.3 Å². The Kier molecular flexibility index (Phi) is 12.0. The smallest absolute Gasteiger partial charge is 0.0372 e. The Balaban J connectivity index is 0.000000301. The quantitative estimate of drug-likeness (QED) is 0.686. The van der Waals surface area contributed by atoms with E-state index in [2.05, 4.69) is 29.5 Å². The molecular weight excluding hydrogens is 268 g/mol. The van der Waals surface area contributed by atoms with Crippen molar-refractivity contribution in [3.63, 3.8) is 0 Å². The summed E-state index contributed by atoms with van der Waals surface area (Å²) in [6.07, 6.45) is 13.1. The van der Waals surface area contributed by atoms with Crippen molar-refractivity contribution in [2.24, 2.45) is 0 Å². The maximum Gasteiger partial charge on any atom is 0.0372 e. The van der Waals surface area contributed by atoms with Gasteiger partial charge in [0.15, 0.2) is 0 Å². The highest BCUT2D eigenvalue weighted by Gasteiger charge is 1.74. The van der Waals surface area contributed by atoms with Gasteiger partial charge in [0.1, 0.15) is 0 Å². The molecule has 2 heterocycles. The number of rotatable bonds is 2. The van der Waals surface area contributed by atoms with Gasteiger partial charge in [-0.25, -0.2) is 0 Å². The third-order valence-corrected chi connectivity index (χ3v) is 2.61. The van der Waals surface area contributed by atoms with Crippen LogP contribution in [0.2, 0.25) is 0 Å². The molecule has 2 heteroatoms. The summed E-state index contributed by atoms with van der Waals surface area (Å²) in [4.78, 5) is 7.82. The van der Waals surface area contributed by atoms with Crippen molar-refractivity contribution in [3.05, 3.63) is 96.6 Å². The number of hydrogen-bond acceptors (Lipinski definition) is 2. The molecule has 2 aromatic heterocycles. The molecule has 0 unspecified atom stereocenters. The largest absolute Gasteiger partial charge is 0.265 e. The zero-order chi connectivity index (χ0) is 16.6. The van der Waals surface area contributed by atoms with Crippen molar-refractivity contribution in [2.45, 2.75) is 27.7 Å². The lowest BCUT2D eigenvalue weighted by Crippen LogP contribution is -1.72. The Morgan fingerprint density at radius 2 is 1.73 bits per heavy atom. The first-order chi connectivity index (χ1) is 10.6. The van der Waals surface area contributed by atoms with Crippen LogP contribution in [-0.4, -0.2) is 9.97 Å². The van der Waals surface area contributed by atoms with Crippen molar-refractivity contribution >= 4 is 0 Å². The van der Waals surface area contributed by atoms with Crippen LogP contribution in [0, 0.1) is 13.8 Å². The molecule has 0 aliphatic carbocycles. The molecule has 0 saturated heterocycles. The fourth-order valence-electron chi connectivity index (χ4n) is 1.19. The second-order valence-corrected chi connectivity index (χ2v) is 4.62. The second kappa shape index (κ2) is 13.5. The number of aromatic nitrogens is 2. The topological polar surface area (TPSA) is 25.8 Å². The fourth-order valence-corrected chi connectivity index (χ4v) is 1.19. The van der Waals surface area contributed by atoms with Gasteiger partial charge in [-0.05, 0) is 57.5 Å². The molecule has 22 heavy (non-hydrogen) atoms. The molecule has 0 atom stereocenters. The van der Waals surface area contributed by atoms with E-state index in [0.717, 1.165) is 5.69 Å². The average molecular weight is 294 g/mol. The molecule has 0 aliphatic heterocycles. The summed E-state index contributed by atoms with van der Waals surface area (Å²) in [6, 6.07) is 9.80. The van der Waals surface area contributed by atoms with Crippen LogP contribution in [0.4, 0.5) is 0 Å². The van der Waals surface area contributed by atoms with Gasteiger partial charge in [0.05, 0.1) is 0 Å². The highest BCUT2D eigenvalue weighted by Crippen LogP contribution is 1.92. The third kappa shape index (κ3) is 12.5. The summed E-state index contributed by atoms with van der Waals surface area (Å²) in [5.41, 5.74) is 3.60. The first-order valence-electron chi connectivity index (χ1n) is 7.26. The minimum absolute atomic E-state index is 1.07. The van der Waals surface area contributed by atoms with E-state index in [1.165, 1.54) is 11.1 Å². The molecule has 0 radical (unpaired) electrons. The molecule has 116 valence electrons. The number of nitrogens with zero attached hydrogens (tertiary/aromatic N) is 2. The summed E-state index contributed by atoms with van der Waals surface area (Å²) in [5.74, 6) is 0. The number of allylic oxidation sites excluding steroid dienone is 5. The zero-order valence-electron chi connectivity index (χ0n) is 14.0. The summed E-state index contributed by atoms with van der Waals surface area (Å²) >= 11 is 0. The molecule has 0 saturated carbocycles. The van der Waals surface area contributed by atoms with Gasteiger partial charge >= 0.3 is 0 Å². The van der Waals surface area contributed by atoms with Crippen LogP contribution in [0.25, 0.3) is 0 Å². The van der Waals surface area contributed by atoms with Gasteiger partial charge in [-0.3, -0.25) is 9.97 Å². The lowest BCUT2D eigenvalue weighted by Gasteiger charge is -1.82. The molecule has 0 aromatic carbocycles. The first-order valence-corrected chi connectivity index (χ1v) is 7.26. The van der Waals surface area contributed by atoms with Gasteiger partial charge in [0.25, 0.3) is 0 Å². The molecule has 2 rings (SSSR count). The summed E-state index contributed by atoms with van der Waals surface area (Å²) < 4.78 is 0. The highest BCUT2D eigenvalue weighted by atomic mass is 14.6. The fraction of sp³-hybridized carbons (Fsp3) is 0.200. The molecule has 2 nitrogen and oxygen atoms in total. The zero-order valence-corrected chi connectivity index (χ0v) is 14.0. The van der Waals surface area contributed by atoms with Crippen molar-refractivity contribution in [3.8, 4) is 0 Å². The second-order valence-electron chi connectivity index (χ2n) is 4.62. The predicted molar refractivity (Wildman–Crippen MR) is 96.7 cm³/mol. The molecule has 0 N–H and O–H groups in total. The van der Waals surface area contributed by atoms with Gasteiger partial charge < -0.3 is 0 Å². The first kappa shape index (κ1) is 19.5. The molecule has 0 amide bonds. The maximum atomic E-state index is 3.98. The molecule has 0 aliphatic rings. The minimum Gasteiger partial charge on any atom is -0.265 e. The van der Waals surface area contributed by atoms with E-state index in [9.17, 15) is 0 Å². The van der Waals surface area contributed by atoms with E-state index in [4.69, 9.17) is 0 Å². The van der Waals surface area contributed by atoms with Crippen LogP contribution >= 0.6 is 0 Å². The number of pyridine rings is 2. The molecule has 0 spiro atoms. The van der Waals surface area contributed by atoms with Gasteiger partial charge in [-0.1, -0.05) is 42.5 Å². The van der Waals surface area contributed by atoms with Crippen LogP contribution in [0.15, 0.2) is 85.4 Å². The maximum absolute atomic E-state index is 3.98. The Morgan fingerprint density at radius 3 is 2.05 bits per heavy atom. The summed E-state index contributed by atoms with van der Waals surface area (Å²) in [5, 5.41) is 0. The lowest BCUT2D eigenvalue weighted by atomic mass is 10.3. The third-order valence-electron chi connectivity index (χ3n) is 2.61. The van der Waals surface area contributed by atoms with Crippen LogP contribution < -0.4 is 0 Å². The van der Waals surface area contributed by atoms with E-state index < -0.39 is 0 Å². The highest BCUT2D eigenvalue weighted by molar-refractivity contribution is 5.18. The van der Waals surface area contributed by atoms with Crippen LogP contribution in [-0.2, 0) is 0 Å². The predicted octanol–water partition coefficient (Wildman–Crippen LogP) is 5.47. The molecule has 0 bridgehead atoms. The normalized spacial score (nSPS) is 10.1. The number of aryl methyl sites for hydroxylation is 2. The molecule has 0 fully saturated rings. The Bertz CT molecular complexity index is 517. The summed E-state index contributed by atoms with van der Waals surface area (Å²) in [7, 11) is 0. The minimum atomic E-state index is 1.07. The lowest BCUT2D eigenvalue weighted by molar-refractivity contribution is 1.20. The van der Waals surface area contributed by atoms with Crippen molar-refractivity contribution in [1.82, 2.24) is 9.97 Å². The van der Waals surface area contributed by atoms with Crippen molar-refractivity contribution in [2.75, 3.05) is 0 Å². The SMILES string of the molecule is C=C/C=C\C(C)=C/C.Cc1ccccn1.Cc1ccncc1. The van der Waals surface area contributed by atoms with Crippen LogP contribution in [0.1, 0.15) is 25.1 Å². The number of hydrogen-bond donors (Lipinski definition) is 0. The van der Waals surface area contributed by atoms with E-state index in [0.29, 0.717) is 0 Å². The standard InChI is InChI=1S/C8H12.2C6H7N/c1-4-6-7-8(3)5-2;1-6-2-4-7-5-3-6;1-6-4-2-3-5-7-6/h4-7H,1H2,2-3H3;2*2-5H,1H3/b7-6-,8-5-;;. The Labute approximate surface area is 135 Å². The Hall–Kier alpha value is -2.48. The average Bonchev–Trinajstić information content (AvgIpc) is 2.55. The van der Waals surface area contributed by atoms with E-state index in [1.54, 1.807) is 24.7 Å². The summed E-state index contributed by atoms with van der Waals surface area (Å²) in [6.45, 7) is 11.6. The monoisotopic (exact) mass is 294 g/mol. The van der Waals surface area contributed by atoms with Gasteiger partial charge in [0.2, 0.25) is 0 Å².